The second-order valence-electron chi connectivity index (χ2n) is 4.98. The van der Waals surface area contributed by atoms with Gasteiger partial charge in [0.2, 0.25) is 5.91 Å². The van der Waals surface area contributed by atoms with Gasteiger partial charge in [-0.25, -0.2) is 0 Å². The van der Waals surface area contributed by atoms with Gasteiger partial charge in [-0.1, -0.05) is 16.8 Å². The van der Waals surface area contributed by atoms with Crippen molar-refractivity contribution in [2.75, 3.05) is 19.6 Å². The summed E-state index contributed by atoms with van der Waals surface area (Å²) in [7, 11) is 0. The molecular formula is C12H17Cl2N3O2. The number of amides is 1. The molecule has 0 aromatic carbocycles. The van der Waals surface area contributed by atoms with Crippen molar-refractivity contribution in [2.24, 2.45) is 5.92 Å². The van der Waals surface area contributed by atoms with Gasteiger partial charge in [-0.15, -0.1) is 12.4 Å². The van der Waals surface area contributed by atoms with Crippen LogP contribution in [0.3, 0.4) is 0 Å². The van der Waals surface area contributed by atoms with Gasteiger partial charge < -0.3 is 14.7 Å². The Morgan fingerprint density at radius 2 is 2.42 bits per heavy atom. The maximum atomic E-state index is 12.2. The number of aromatic nitrogens is 1. The van der Waals surface area contributed by atoms with E-state index in [9.17, 15) is 4.79 Å². The van der Waals surface area contributed by atoms with Crippen molar-refractivity contribution in [1.29, 1.82) is 0 Å². The molecule has 0 bridgehead atoms. The van der Waals surface area contributed by atoms with Gasteiger partial charge in [0.15, 0.2) is 5.15 Å². The smallest absolute Gasteiger partial charge is 0.223 e. The summed E-state index contributed by atoms with van der Waals surface area (Å²) in [6.07, 6.45) is 2.16. The number of fused-ring (bicyclic) bond motifs is 1. The van der Waals surface area contributed by atoms with E-state index in [-0.39, 0.29) is 18.3 Å². The number of carbonyl (C=O) groups is 1. The maximum Gasteiger partial charge on any atom is 0.223 e. The molecule has 0 spiro atoms. The van der Waals surface area contributed by atoms with E-state index in [1.165, 1.54) is 0 Å². The highest BCUT2D eigenvalue weighted by atomic mass is 35.5. The molecule has 19 heavy (non-hydrogen) atoms. The first-order valence-electron chi connectivity index (χ1n) is 6.35. The number of nitrogens with zero attached hydrogens (tertiary/aromatic N) is 2. The minimum Gasteiger partial charge on any atom is -0.360 e. The standard InChI is InChI=1S/C12H16ClN3O2.ClH/c13-11-5-9(18-15-11)1-2-12(17)16-4-3-8-6-14-7-10(8)16;/h5,8,10,14H,1-4,6-7H2;1H/t8-,10+;/m0./s1. The van der Waals surface area contributed by atoms with Crippen LogP contribution in [0.4, 0.5) is 0 Å². The minimum absolute atomic E-state index is 0. The van der Waals surface area contributed by atoms with Crippen LogP contribution < -0.4 is 5.32 Å². The molecule has 106 valence electrons. The second-order valence-corrected chi connectivity index (χ2v) is 5.36. The number of carbonyl (C=O) groups excluding carboxylic acids is 1. The fourth-order valence-electron chi connectivity index (χ4n) is 2.94. The summed E-state index contributed by atoms with van der Waals surface area (Å²) >= 11 is 5.67. The van der Waals surface area contributed by atoms with Crippen LogP contribution >= 0.6 is 24.0 Å². The van der Waals surface area contributed by atoms with Crippen molar-refractivity contribution in [1.82, 2.24) is 15.4 Å². The van der Waals surface area contributed by atoms with Gasteiger partial charge in [-0.3, -0.25) is 4.79 Å². The first kappa shape index (κ1) is 14.6. The highest BCUT2D eigenvalue weighted by Gasteiger charge is 2.39. The largest absolute Gasteiger partial charge is 0.360 e. The third kappa shape index (κ3) is 3.04. The lowest BCUT2D eigenvalue weighted by Crippen LogP contribution is -2.39. The van der Waals surface area contributed by atoms with Crippen LogP contribution in [-0.2, 0) is 11.2 Å². The van der Waals surface area contributed by atoms with Gasteiger partial charge >= 0.3 is 0 Å². The zero-order chi connectivity index (χ0) is 12.5. The zero-order valence-electron chi connectivity index (χ0n) is 10.5. The van der Waals surface area contributed by atoms with Gasteiger partial charge in [0.1, 0.15) is 5.76 Å². The molecular weight excluding hydrogens is 289 g/mol. The summed E-state index contributed by atoms with van der Waals surface area (Å²) in [5, 5.41) is 7.29. The molecule has 2 aliphatic heterocycles. The van der Waals surface area contributed by atoms with Crippen molar-refractivity contribution in [3.63, 3.8) is 0 Å². The Hall–Kier alpha value is -0.780. The number of halogens is 2. The van der Waals surface area contributed by atoms with E-state index in [4.69, 9.17) is 16.1 Å². The molecule has 2 saturated heterocycles. The summed E-state index contributed by atoms with van der Waals surface area (Å²) < 4.78 is 5.00. The molecule has 1 amide bonds. The van der Waals surface area contributed by atoms with Crippen LogP contribution in [0.2, 0.25) is 5.15 Å². The molecule has 2 fully saturated rings. The maximum absolute atomic E-state index is 12.2. The van der Waals surface area contributed by atoms with Gasteiger partial charge in [0, 0.05) is 44.6 Å². The molecule has 0 radical (unpaired) electrons. The fourth-order valence-corrected chi connectivity index (χ4v) is 3.09. The molecule has 0 saturated carbocycles. The zero-order valence-corrected chi connectivity index (χ0v) is 12.0. The van der Waals surface area contributed by atoms with E-state index in [0.29, 0.717) is 35.7 Å². The highest BCUT2D eigenvalue weighted by Crippen LogP contribution is 2.27. The quantitative estimate of drug-likeness (QED) is 0.919. The Morgan fingerprint density at radius 1 is 1.58 bits per heavy atom. The molecule has 0 aliphatic carbocycles. The van der Waals surface area contributed by atoms with Crippen molar-refractivity contribution in [2.45, 2.75) is 25.3 Å². The van der Waals surface area contributed by atoms with E-state index in [1.807, 2.05) is 4.90 Å². The van der Waals surface area contributed by atoms with E-state index in [2.05, 4.69) is 10.5 Å². The number of hydrogen-bond donors (Lipinski definition) is 1. The van der Waals surface area contributed by atoms with E-state index >= 15 is 0 Å². The normalized spacial score (nSPS) is 25.2. The number of aryl methyl sites for hydroxylation is 1. The Morgan fingerprint density at radius 3 is 3.16 bits per heavy atom. The molecule has 5 nitrogen and oxygen atoms in total. The Kier molecular flexibility index (Phi) is 4.71. The monoisotopic (exact) mass is 305 g/mol. The summed E-state index contributed by atoms with van der Waals surface area (Å²) in [6.45, 7) is 2.88. The molecule has 3 heterocycles. The number of hydrogen-bond acceptors (Lipinski definition) is 4. The van der Waals surface area contributed by atoms with Crippen LogP contribution in [0.15, 0.2) is 10.6 Å². The van der Waals surface area contributed by atoms with Crippen molar-refractivity contribution in [3.8, 4) is 0 Å². The van der Waals surface area contributed by atoms with Crippen LogP contribution in [0.25, 0.3) is 0 Å². The van der Waals surface area contributed by atoms with E-state index in [0.717, 1.165) is 26.1 Å². The predicted molar refractivity (Wildman–Crippen MR) is 73.6 cm³/mol. The van der Waals surface area contributed by atoms with Gasteiger partial charge in [-0.2, -0.15) is 0 Å². The topological polar surface area (TPSA) is 58.4 Å². The highest BCUT2D eigenvalue weighted by molar-refractivity contribution is 6.29. The fraction of sp³-hybridized carbons (Fsp3) is 0.667. The third-order valence-electron chi connectivity index (χ3n) is 3.88. The predicted octanol–water partition coefficient (Wildman–Crippen LogP) is 1.50. The molecule has 7 heteroatoms. The average Bonchev–Trinajstić information content (AvgIpc) is 3.01. The lowest BCUT2D eigenvalue weighted by molar-refractivity contribution is -0.132. The van der Waals surface area contributed by atoms with Crippen LogP contribution in [0.5, 0.6) is 0 Å². The second kappa shape index (κ2) is 6.11. The Labute approximate surface area is 123 Å². The molecule has 1 aromatic heterocycles. The van der Waals surface area contributed by atoms with E-state index < -0.39 is 0 Å². The lowest BCUT2D eigenvalue weighted by atomic mass is 10.1. The van der Waals surface area contributed by atoms with Gasteiger partial charge in [0.05, 0.1) is 0 Å². The van der Waals surface area contributed by atoms with Gasteiger partial charge in [0.25, 0.3) is 0 Å². The first-order valence-corrected chi connectivity index (χ1v) is 6.73. The molecule has 1 aromatic rings. The summed E-state index contributed by atoms with van der Waals surface area (Å²) in [4.78, 5) is 14.2. The van der Waals surface area contributed by atoms with Crippen molar-refractivity contribution in [3.05, 3.63) is 17.0 Å². The van der Waals surface area contributed by atoms with Crippen molar-refractivity contribution < 1.29 is 9.32 Å². The Balaban J connectivity index is 0.00000133. The third-order valence-corrected chi connectivity index (χ3v) is 4.06. The minimum atomic E-state index is 0. The molecule has 1 N–H and O–H groups in total. The lowest BCUT2D eigenvalue weighted by Gasteiger charge is -2.23. The van der Waals surface area contributed by atoms with Crippen LogP contribution in [-0.4, -0.2) is 41.6 Å². The SMILES string of the molecule is Cl.O=C(CCc1cc(Cl)no1)N1CC[C@H]2CNC[C@H]21. The summed E-state index contributed by atoms with van der Waals surface area (Å²) in [5.41, 5.74) is 0. The van der Waals surface area contributed by atoms with E-state index in [1.54, 1.807) is 6.07 Å². The molecule has 2 atom stereocenters. The number of rotatable bonds is 3. The Bertz CT molecular complexity index is 452. The van der Waals surface area contributed by atoms with Crippen LogP contribution in [0.1, 0.15) is 18.6 Å². The first-order chi connectivity index (χ1) is 8.74. The molecule has 2 aliphatic rings. The van der Waals surface area contributed by atoms with Gasteiger partial charge in [-0.05, 0) is 12.3 Å². The number of likely N-dealkylation sites (tertiary alicyclic amines) is 1. The van der Waals surface area contributed by atoms with Crippen molar-refractivity contribution >= 4 is 29.9 Å². The molecule has 0 unspecified atom stereocenters. The average molecular weight is 306 g/mol. The summed E-state index contributed by atoms with van der Waals surface area (Å²) in [5.74, 6) is 1.53. The molecule has 3 rings (SSSR count). The number of nitrogens with one attached hydrogen (secondary N) is 1. The van der Waals surface area contributed by atoms with Crippen LogP contribution in [0, 0.1) is 5.92 Å². The summed E-state index contributed by atoms with van der Waals surface area (Å²) in [6, 6.07) is 2.06.